The van der Waals surface area contributed by atoms with Crippen LogP contribution in [0.25, 0.3) is 33.4 Å². The lowest BCUT2D eigenvalue weighted by molar-refractivity contribution is -0.135. The third-order valence-electron chi connectivity index (χ3n) is 14.0. The van der Waals surface area contributed by atoms with Gasteiger partial charge >= 0.3 is 11.9 Å². The minimum atomic E-state index is -0.528. The van der Waals surface area contributed by atoms with E-state index in [1.807, 2.05) is 60.7 Å². The Morgan fingerprint density at radius 2 is 0.794 bits per heavy atom. The molecule has 3 aliphatic rings. The first-order valence-electron chi connectivity index (χ1n) is 22.1. The smallest absolute Gasteiger partial charge is 0.311 e. The third-order valence-corrected chi connectivity index (χ3v) is 14.0. The van der Waals surface area contributed by atoms with E-state index < -0.39 is 10.8 Å². The van der Waals surface area contributed by atoms with E-state index in [9.17, 15) is 9.59 Å². The molecule has 0 spiro atoms. The molecule has 0 aromatic heterocycles. The zero-order valence-electron chi connectivity index (χ0n) is 35.1. The first kappa shape index (κ1) is 38.6. The highest BCUT2D eigenvalue weighted by molar-refractivity contribution is 5.85. The van der Waals surface area contributed by atoms with Crippen LogP contribution in [0.3, 0.4) is 0 Å². The topological polar surface area (TPSA) is 52.6 Å². The second-order valence-corrected chi connectivity index (χ2v) is 17.3. The van der Waals surface area contributed by atoms with Crippen molar-refractivity contribution in [2.24, 2.45) is 0 Å². The summed E-state index contributed by atoms with van der Waals surface area (Å²) in [6.07, 6.45) is 3.85. The van der Waals surface area contributed by atoms with Gasteiger partial charge in [0, 0.05) is 23.7 Å². The van der Waals surface area contributed by atoms with Gasteiger partial charge in [0.2, 0.25) is 0 Å². The summed E-state index contributed by atoms with van der Waals surface area (Å²) >= 11 is 0. The van der Waals surface area contributed by atoms with Gasteiger partial charge in [-0.1, -0.05) is 170 Å². The van der Waals surface area contributed by atoms with Gasteiger partial charge in [-0.2, -0.15) is 0 Å². The second-order valence-electron chi connectivity index (χ2n) is 17.3. The van der Waals surface area contributed by atoms with Crippen LogP contribution < -0.4 is 9.47 Å². The van der Waals surface area contributed by atoms with Gasteiger partial charge in [0.05, 0.1) is 0 Å². The highest BCUT2D eigenvalue weighted by Crippen LogP contribution is 2.57. The van der Waals surface area contributed by atoms with E-state index >= 15 is 0 Å². The van der Waals surface area contributed by atoms with E-state index in [4.69, 9.17) is 9.47 Å². The summed E-state index contributed by atoms with van der Waals surface area (Å²) in [4.78, 5) is 27.7. The van der Waals surface area contributed by atoms with Crippen molar-refractivity contribution >= 4 is 11.9 Å². The molecule has 0 unspecified atom stereocenters. The number of ether oxygens (including phenoxy) is 2. The van der Waals surface area contributed by atoms with Crippen molar-refractivity contribution in [3.8, 4) is 44.9 Å². The molecule has 11 rings (SSSR count). The molecule has 0 heterocycles. The molecular weight excluding hydrogens is 773 g/mol. The fraction of sp³-hybridized carbons (Fsp3) is 0.153. The molecule has 0 N–H and O–H groups in total. The number of hydrogen-bond acceptors (Lipinski definition) is 4. The van der Waals surface area contributed by atoms with E-state index in [0.29, 0.717) is 37.2 Å². The van der Waals surface area contributed by atoms with Crippen LogP contribution in [0.2, 0.25) is 0 Å². The molecule has 63 heavy (non-hydrogen) atoms. The SMILES string of the molecule is O=C(CCC1(Cc2ccc3c(c2CC2(CCC(=O)Oc4ccccc4)c4ccccc4-c4ccccc42)Cc2ccccc2-3)c2ccccc2-c2ccccc21)Oc1ccccc1. The summed E-state index contributed by atoms with van der Waals surface area (Å²) in [6, 6.07) is 67.3. The van der Waals surface area contributed by atoms with Gasteiger partial charge in [-0.3, -0.25) is 9.59 Å². The molecule has 0 atom stereocenters. The standard InChI is InChI=1S/C59H46O4/c60-56(62-42-18-3-1-4-19-42)33-35-58(52-27-13-9-23-46(52)47-24-10-14-28-53(47)58)38-41-31-32-45-44-22-8-7-17-40(44)37-50(45)51(41)39-59(36-34-57(61)63-43-20-5-2-6-21-43)54-29-15-11-25-48(54)49-26-12-16-30-55(49)59/h1-32H,33-39H2. The van der Waals surface area contributed by atoms with Crippen LogP contribution in [0.15, 0.2) is 194 Å². The quantitative estimate of drug-likeness (QED) is 0.0910. The van der Waals surface area contributed by atoms with Gasteiger partial charge in [-0.25, -0.2) is 0 Å². The predicted molar refractivity (Wildman–Crippen MR) is 250 cm³/mol. The fourth-order valence-corrected chi connectivity index (χ4v) is 11.2. The minimum Gasteiger partial charge on any atom is -0.427 e. The van der Waals surface area contributed by atoms with Crippen LogP contribution in [-0.4, -0.2) is 11.9 Å². The highest BCUT2D eigenvalue weighted by atomic mass is 16.5. The average molecular weight is 819 g/mol. The van der Waals surface area contributed by atoms with Gasteiger partial charge in [0.25, 0.3) is 0 Å². The van der Waals surface area contributed by atoms with Crippen LogP contribution >= 0.6 is 0 Å². The number of hydrogen-bond donors (Lipinski definition) is 0. The van der Waals surface area contributed by atoms with Gasteiger partial charge in [0.1, 0.15) is 11.5 Å². The molecule has 4 nitrogen and oxygen atoms in total. The van der Waals surface area contributed by atoms with E-state index in [2.05, 4.69) is 133 Å². The summed E-state index contributed by atoms with van der Waals surface area (Å²) in [7, 11) is 0. The first-order chi connectivity index (χ1) is 31.0. The van der Waals surface area contributed by atoms with E-state index in [1.165, 1.54) is 77.9 Å². The summed E-state index contributed by atoms with van der Waals surface area (Å²) in [5.41, 5.74) is 16.6. The monoisotopic (exact) mass is 818 g/mol. The summed E-state index contributed by atoms with van der Waals surface area (Å²) in [5, 5.41) is 0. The molecule has 3 aliphatic carbocycles. The summed E-state index contributed by atoms with van der Waals surface area (Å²) in [6.45, 7) is 0. The van der Waals surface area contributed by atoms with Crippen LogP contribution in [-0.2, 0) is 39.7 Å². The molecular formula is C59H46O4. The molecule has 4 heteroatoms. The van der Waals surface area contributed by atoms with E-state index in [1.54, 1.807) is 0 Å². The summed E-state index contributed by atoms with van der Waals surface area (Å²) in [5.74, 6) is 0.625. The second kappa shape index (κ2) is 15.9. The van der Waals surface area contributed by atoms with Crippen molar-refractivity contribution in [3.63, 3.8) is 0 Å². The number of carbonyl (C=O) groups excluding carboxylic acids is 2. The maximum absolute atomic E-state index is 13.9. The Morgan fingerprint density at radius 1 is 0.397 bits per heavy atom. The molecule has 0 bridgehead atoms. The third kappa shape index (κ3) is 6.69. The Bertz CT molecular complexity index is 2950. The number of fused-ring (bicyclic) bond motifs is 9. The van der Waals surface area contributed by atoms with Crippen molar-refractivity contribution < 1.29 is 19.1 Å². The minimum absolute atomic E-state index is 0.242. The van der Waals surface area contributed by atoms with Crippen LogP contribution in [0.1, 0.15) is 70.2 Å². The van der Waals surface area contributed by atoms with Crippen molar-refractivity contribution in [3.05, 3.63) is 239 Å². The maximum atomic E-state index is 13.9. The Hall–Kier alpha value is -7.30. The van der Waals surface area contributed by atoms with Crippen molar-refractivity contribution in [1.29, 1.82) is 0 Å². The van der Waals surface area contributed by atoms with Gasteiger partial charge < -0.3 is 9.47 Å². The molecule has 0 radical (unpaired) electrons. The molecule has 0 saturated carbocycles. The van der Waals surface area contributed by atoms with Gasteiger partial charge in [0.15, 0.2) is 0 Å². The van der Waals surface area contributed by atoms with E-state index in [0.717, 1.165) is 6.42 Å². The maximum Gasteiger partial charge on any atom is 0.311 e. The number of rotatable bonds is 12. The Morgan fingerprint density at radius 3 is 1.27 bits per heavy atom. The Labute approximate surface area is 368 Å². The highest BCUT2D eigenvalue weighted by Gasteiger charge is 2.47. The summed E-state index contributed by atoms with van der Waals surface area (Å²) < 4.78 is 11.9. The lowest BCUT2D eigenvalue weighted by atomic mass is 9.66. The molecule has 8 aromatic carbocycles. The molecule has 0 amide bonds. The zero-order chi connectivity index (χ0) is 42.4. The lowest BCUT2D eigenvalue weighted by Crippen LogP contribution is -2.33. The normalized spacial score (nSPS) is 14.1. The van der Waals surface area contributed by atoms with Crippen molar-refractivity contribution in [2.45, 2.75) is 55.8 Å². The average Bonchev–Trinajstić information content (AvgIpc) is 3.94. The van der Waals surface area contributed by atoms with Gasteiger partial charge in [-0.05, 0) is 134 Å². The molecule has 0 saturated heterocycles. The fourth-order valence-electron chi connectivity index (χ4n) is 11.2. The zero-order valence-corrected chi connectivity index (χ0v) is 35.1. The molecule has 8 aromatic rings. The van der Waals surface area contributed by atoms with Crippen molar-refractivity contribution in [1.82, 2.24) is 0 Å². The number of para-hydroxylation sites is 2. The Kier molecular flexibility index (Phi) is 9.73. The number of benzene rings is 8. The predicted octanol–water partition coefficient (Wildman–Crippen LogP) is 13.0. The van der Waals surface area contributed by atoms with Crippen molar-refractivity contribution in [2.75, 3.05) is 0 Å². The van der Waals surface area contributed by atoms with Crippen LogP contribution in [0.4, 0.5) is 0 Å². The lowest BCUT2D eigenvalue weighted by Gasteiger charge is -2.37. The van der Waals surface area contributed by atoms with Crippen LogP contribution in [0.5, 0.6) is 11.5 Å². The molecule has 0 fully saturated rings. The van der Waals surface area contributed by atoms with Crippen LogP contribution in [0, 0.1) is 0 Å². The first-order valence-corrected chi connectivity index (χ1v) is 22.1. The van der Waals surface area contributed by atoms with E-state index in [-0.39, 0.29) is 24.8 Å². The number of carbonyl (C=O) groups is 2. The Balaban J connectivity index is 1.07. The van der Waals surface area contributed by atoms with Gasteiger partial charge in [-0.15, -0.1) is 0 Å². The number of esters is 2. The largest absolute Gasteiger partial charge is 0.427 e. The molecule has 0 aliphatic heterocycles. The molecule has 306 valence electrons.